The second-order valence-electron chi connectivity index (χ2n) is 6.63. The summed E-state index contributed by atoms with van der Waals surface area (Å²) in [4.78, 5) is 25.5. The molecular formula is C18H11BrF3N3O5S. The van der Waals surface area contributed by atoms with Gasteiger partial charge in [0.2, 0.25) is 9.84 Å². The van der Waals surface area contributed by atoms with E-state index >= 15 is 0 Å². The van der Waals surface area contributed by atoms with Crippen LogP contribution in [0.3, 0.4) is 0 Å². The van der Waals surface area contributed by atoms with Crippen molar-refractivity contribution in [2.24, 2.45) is 0 Å². The first kappa shape index (κ1) is 21.2. The highest BCUT2D eigenvalue weighted by atomic mass is 79.9. The van der Waals surface area contributed by atoms with Crippen molar-refractivity contribution in [1.82, 2.24) is 14.3 Å². The smallest absolute Gasteiger partial charge is 0.406 e. The molecule has 0 atom stereocenters. The molecule has 0 bridgehead atoms. The van der Waals surface area contributed by atoms with Crippen molar-refractivity contribution in [3.8, 4) is 0 Å². The van der Waals surface area contributed by atoms with E-state index in [2.05, 4.69) is 20.9 Å². The first-order valence-corrected chi connectivity index (χ1v) is 10.8. The first-order chi connectivity index (χ1) is 14.4. The van der Waals surface area contributed by atoms with Crippen molar-refractivity contribution in [3.63, 3.8) is 0 Å². The number of aromatic amines is 1. The Hall–Kier alpha value is -3.06. The zero-order chi connectivity index (χ0) is 22.7. The minimum atomic E-state index is -4.51. The van der Waals surface area contributed by atoms with Crippen LogP contribution in [0.5, 0.6) is 0 Å². The van der Waals surface area contributed by atoms with Crippen molar-refractivity contribution >= 4 is 47.6 Å². The second-order valence-corrected chi connectivity index (χ2v) is 9.40. The van der Waals surface area contributed by atoms with Gasteiger partial charge in [-0.25, -0.2) is 13.2 Å². The topological polar surface area (TPSA) is 114 Å². The Labute approximate surface area is 179 Å². The lowest BCUT2D eigenvalue weighted by molar-refractivity contribution is -0.139. The number of rotatable bonds is 3. The molecule has 0 fully saturated rings. The number of aromatic nitrogens is 3. The molecule has 0 saturated carbocycles. The number of sulfone groups is 1. The highest BCUT2D eigenvalue weighted by Gasteiger charge is 2.29. The molecule has 0 unspecified atom stereocenters. The third-order valence-electron chi connectivity index (χ3n) is 4.64. The molecule has 0 spiro atoms. The van der Waals surface area contributed by atoms with Crippen molar-refractivity contribution in [2.45, 2.75) is 22.5 Å². The van der Waals surface area contributed by atoms with Crippen LogP contribution in [0.15, 0.2) is 66.4 Å². The highest BCUT2D eigenvalue weighted by molar-refractivity contribution is 9.10. The highest BCUT2D eigenvalue weighted by Crippen LogP contribution is 2.31. The predicted octanol–water partition coefficient (Wildman–Crippen LogP) is 3.04. The van der Waals surface area contributed by atoms with Gasteiger partial charge in [0.25, 0.3) is 5.56 Å². The van der Waals surface area contributed by atoms with E-state index in [9.17, 15) is 36.4 Å². The van der Waals surface area contributed by atoms with Crippen LogP contribution in [-0.2, 0) is 16.4 Å². The number of fused-ring (bicyclic) bond motifs is 2. The van der Waals surface area contributed by atoms with Gasteiger partial charge in [0.15, 0.2) is 0 Å². The summed E-state index contributed by atoms with van der Waals surface area (Å²) in [6.45, 7) is -1.30. The van der Waals surface area contributed by atoms with E-state index in [1.807, 2.05) is 0 Å². The Kier molecular flexibility index (Phi) is 4.77. The maximum atomic E-state index is 13.3. The molecule has 4 aromatic rings. The molecule has 0 aliphatic rings. The number of hydrogen-bond donors (Lipinski definition) is 2. The van der Waals surface area contributed by atoms with Crippen LogP contribution in [0.4, 0.5) is 13.2 Å². The molecule has 0 aliphatic heterocycles. The summed E-state index contributed by atoms with van der Waals surface area (Å²) in [7, 11) is -4.37. The summed E-state index contributed by atoms with van der Waals surface area (Å²) >= 11 is 3.08. The zero-order valence-corrected chi connectivity index (χ0v) is 17.5. The van der Waals surface area contributed by atoms with Gasteiger partial charge in [-0.1, -0.05) is 10.8 Å². The summed E-state index contributed by atoms with van der Waals surface area (Å²) in [5.41, 5.74) is -2.69. The third-order valence-corrected chi connectivity index (χ3v) is 7.10. The lowest BCUT2D eigenvalue weighted by atomic mass is 10.2. The summed E-state index contributed by atoms with van der Waals surface area (Å²) < 4.78 is 65.9. The van der Waals surface area contributed by atoms with E-state index in [-0.39, 0.29) is 30.5 Å². The minimum Gasteiger partial charge on any atom is -0.421 e. The second kappa shape index (κ2) is 6.99. The van der Waals surface area contributed by atoms with Gasteiger partial charge in [0.1, 0.15) is 6.54 Å². The van der Waals surface area contributed by atoms with E-state index in [1.54, 1.807) is 0 Å². The number of nitrogens with zero attached hydrogens (tertiary/aromatic N) is 2. The first-order valence-electron chi connectivity index (χ1n) is 8.48. The number of halogens is 4. The van der Waals surface area contributed by atoms with Crippen molar-refractivity contribution in [1.29, 1.82) is 0 Å². The molecule has 0 saturated heterocycles. The SMILES string of the molecule is O=c1[nH]c2c(S(=O)(=O)c3ccc4ccn(CC(F)(F)F)c4c3)ccc(Br)c2c(=O)n1O. The lowest BCUT2D eigenvalue weighted by Gasteiger charge is -2.12. The molecule has 2 heterocycles. The molecule has 162 valence electrons. The van der Waals surface area contributed by atoms with Crippen LogP contribution >= 0.6 is 15.9 Å². The van der Waals surface area contributed by atoms with Crippen LogP contribution in [0.25, 0.3) is 21.8 Å². The fourth-order valence-corrected chi connectivity index (χ4v) is 5.20. The third kappa shape index (κ3) is 3.53. The zero-order valence-electron chi connectivity index (χ0n) is 15.1. The van der Waals surface area contributed by atoms with Crippen LogP contribution in [0, 0.1) is 0 Å². The van der Waals surface area contributed by atoms with E-state index in [4.69, 9.17) is 0 Å². The average molecular weight is 518 g/mol. The number of alkyl halides is 3. The molecule has 2 aromatic carbocycles. The molecule has 2 aromatic heterocycles. The maximum absolute atomic E-state index is 13.3. The van der Waals surface area contributed by atoms with Gasteiger partial charge in [0, 0.05) is 16.2 Å². The largest absolute Gasteiger partial charge is 0.421 e. The van der Waals surface area contributed by atoms with E-state index in [0.717, 1.165) is 16.7 Å². The fraction of sp³-hybridized carbons (Fsp3) is 0.111. The Bertz CT molecular complexity index is 1590. The van der Waals surface area contributed by atoms with Gasteiger partial charge in [-0.05, 0) is 51.6 Å². The number of H-pyrrole nitrogens is 1. The number of hydrogen-bond acceptors (Lipinski definition) is 5. The monoisotopic (exact) mass is 517 g/mol. The van der Waals surface area contributed by atoms with Gasteiger partial charge in [0.05, 0.1) is 20.7 Å². The van der Waals surface area contributed by atoms with Gasteiger partial charge in [-0.2, -0.15) is 13.2 Å². The Morgan fingerprint density at radius 2 is 1.81 bits per heavy atom. The van der Waals surface area contributed by atoms with Crippen LogP contribution in [0.1, 0.15) is 0 Å². The normalized spacial score (nSPS) is 12.6. The Balaban J connectivity index is 1.98. The minimum absolute atomic E-state index is 0.0472. The Morgan fingerprint density at radius 1 is 1.10 bits per heavy atom. The van der Waals surface area contributed by atoms with Crippen LogP contribution in [0.2, 0.25) is 0 Å². The van der Waals surface area contributed by atoms with Crippen molar-refractivity contribution in [3.05, 3.63) is 67.9 Å². The van der Waals surface area contributed by atoms with Crippen LogP contribution in [-0.4, -0.2) is 34.1 Å². The fourth-order valence-electron chi connectivity index (χ4n) is 3.26. The molecule has 0 radical (unpaired) electrons. The van der Waals surface area contributed by atoms with E-state index in [0.29, 0.717) is 5.39 Å². The molecule has 0 amide bonds. The van der Waals surface area contributed by atoms with Gasteiger partial charge in [-0.15, -0.1) is 0 Å². The van der Waals surface area contributed by atoms with Gasteiger partial charge >= 0.3 is 11.9 Å². The predicted molar refractivity (Wildman–Crippen MR) is 107 cm³/mol. The molecule has 2 N–H and O–H groups in total. The summed E-state index contributed by atoms with van der Waals surface area (Å²) in [5.74, 6) is 0. The standard InChI is InChI=1S/C18H11BrF3N3O5S/c19-11-3-4-13(15-14(11)16(26)25(28)17(27)23-15)31(29,30)10-2-1-9-5-6-24(12(9)7-10)8-18(20,21)22/h1-7,28H,8H2,(H,23,27). The maximum Gasteiger partial charge on any atom is 0.406 e. The molecular weight excluding hydrogens is 507 g/mol. The Morgan fingerprint density at radius 3 is 2.48 bits per heavy atom. The summed E-state index contributed by atoms with van der Waals surface area (Å²) in [5, 5.41) is 9.67. The molecule has 4 rings (SSSR count). The number of nitrogens with one attached hydrogen (secondary N) is 1. The molecule has 31 heavy (non-hydrogen) atoms. The van der Waals surface area contributed by atoms with Crippen molar-refractivity contribution in [2.75, 3.05) is 0 Å². The van der Waals surface area contributed by atoms with E-state index in [1.165, 1.54) is 30.5 Å². The lowest BCUT2D eigenvalue weighted by Crippen LogP contribution is -2.33. The van der Waals surface area contributed by atoms with Gasteiger partial charge in [-0.3, -0.25) is 4.79 Å². The summed E-state index contributed by atoms with van der Waals surface area (Å²) in [6.07, 6.45) is -3.31. The molecule has 13 heteroatoms. The van der Waals surface area contributed by atoms with E-state index < -0.39 is 38.7 Å². The molecule has 0 aliphatic carbocycles. The number of benzene rings is 2. The quantitative estimate of drug-likeness (QED) is 0.405. The summed E-state index contributed by atoms with van der Waals surface area (Å²) in [6, 6.07) is 7.48. The van der Waals surface area contributed by atoms with Crippen LogP contribution < -0.4 is 11.2 Å². The average Bonchev–Trinajstić information content (AvgIpc) is 3.06. The van der Waals surface area contributed by atoms with Crippen molar-refractivity contribution < 1.29 is 26.8 Å². The van der Waals surface area contributed by atoms with Gasteiger partial charge < -0.3 is 14.8 Å². The molecule has 8 nitrogen and oxygen atoms in total.